The lowest BCUT2D eigenvalue weighted by molar-refractivity contribution is 0.0225. The molecule has 0 radical (unpaired) electrons. The van der Waals surface area contributed by atoms with Crippen molar-refractivity contribution in [3.63, 3.8) is 0 Å². The van der Waals surface area contributed by atoms with Crippen LogP contribution in [0.4, 0.5) is 11.4 Å². The minimum absolute atomic E-state index is 0.284. The third-order valence-electron chi connectivity index (χ3n) is 3.26. The fourth-order valence-electron chi connectivity index (χ4n) is 1.85. The molecule has 5 heteroatoms. The number of nitrogen functional groups attached to an aromatic ring is 1. The summed E-state index contributed by atoms with van der Waals surface area (Å²) in [6, 6.07) is 6.27. The minimum atomic E-state index is 0.284. The number of ether oxygens (including phenoxy) is 3. The third kappa shape index (κ3) is 7.32. The van der Waals surface area contributed by atoms with E-state index >= 15 is 0 Å². The van der Waals surface area contributed by atoms with Crippen LogP contribution in [0.2, 0.25) is 0 Å². The number of aryl methyl sites for hydroxylation is 1. The molecule has 0 heterocycles. The summed E-state index contributed by atoms with van der Waals surface area (Å²) in [5.74, 6) is 0. The van der Waals surface area contributed by atoms with Gasteiger partial charge in [0.2, 0.25) is 0 Å². The second-order valence-electron chi connectivity index (χ2n) is 5.00. The van der Waals surface area contributed by atoms with Gasteiger partial charge in [-0.1, -0.05) is 6.92 Å². The van der Waals surface area contributed by atoms with Crippen LogP contribution in [0.3, 0.4) is 0 Å². The molecule has 0 aliphatic carbocycles. The van der Waals surface area contributed by atoms with Crippen LogP contribution in [0.1, 0.15) is 18.9 Å². The van der Waals surface area contributed by atoms with Gasteiger partial charge < -0.3 is 25.3 Å². The van der Waals surface area contributed by atoms with Gasteiger partial charge in [0, 0.05) is 24.5 Å². The number of benzene rings is 1. The van der Waals surface area contributed by atoms with Crippen molar-refractivity contribution in [2.45, 2.75) is 26.3 Å². The maximum atomic E-state index is 5.82. The van der Waals surface area contributed by atoms with Crippen molar-refractivity contribution < 1.29 is 14.2 Å². The summed E-state index contributed by atoms with van der Waals surface area (Å²) in [6.07, 6.45) is 0.994. The fraction of sp³-hybridized carbons (Fsp3) is 0.625. The van der Waals surface area contributed by atoms with E-state index in [9.17, 15) is 0 Å². The first kappa shape index (κ1) is 17.8. The molecule has 0 spiro atoms. The number of nitrogens with two attached hydrogens (primary N) is 1. The molecule has 1 aromatic rings. The van der Waals surface area contributed by atoms with Crippen molar-refractivity contribution in [1.82, 2.24) is 0 Å². The fourth-order valence-corrected chi connectivity index (χ4v) is 1.85. The van der Waals surface area contributed by atoms with Crippen molar-refractivity contribution >= 4 is 11.4 Å². The molecule has 0 aromatic heterocycles. The summed E-state index contributed by atoms with van der Waals surface area (Å²) in [7, 11) is 1.66. The van der Waals surface area contributed by atoms with Gasteiger partial charge in [-0.15, -0.1) is 0 Å². The topological polar surface area (TPSA) is 65.7 Å². The zero-order valence-electron chi connectivity index (χ0n) is 13.4. The summed E-state index contributed by atoms with van der Waals surface area (Å²) in [5, 5.41) is 3.47. The largest absolute Gasteiger partial charge is 0.399 e. The number of hydrogen-bond acceptors (Lipinski definition) is 5. The highest BCUT2D eigenvalue weighted by molar-refractivity contribution is 5.57. The zero-order chi connectivity index (χ0) is 15.5. The molecule has 1 unspecified atom stereocenters. The van der Waals surface area contributed by atoms with Gasteiger partial charge in [-0.05, 0) is 37.1 Å². The van der Waals surface area contributed by atoms with E-state index < -0.39 is 0 Å². The summed E-state index contributed by atoms with van der Waals surface area (Å²) < 4.78 is 15.9. The lowest BCUT2D eigenvalue weighted by Crippen LogP contribution is -2.25. The van der Waals surface area contributed by atoms with Gasteiger partial charge in [0.1, 0.15) is 0 Å². The van der Waals surface area contributed by atoms with Gasteiger partial charge in [-0.3, -0.25) is 0 Å². The van der Waals surface area contributed by atoms with Crippen LogP contribution in [0.15, 0.2) is 18.2 Å². The number of rotatable bonds is 11. The Labute approximate surface area is 127 Å². The van der Waals surface area contributed by atoms with E-state index in [4.69, 9.17) is 19.9 Å². The first-order valence-corrected chi connectivity index (χ1v) is 7.44. The van der Waals surface area contributed by atoms with E-state index in [0.29, 0.717) is 33.0 Å². The normalized spacial score (nSPS) is 12.3. The Kier molecular flexibility index (Phi) is 8.82. The van der Waals surface area contributed by atoms with Crippen LogP contribution >= 0.6 is 0 Å². The summed E-state index contributed by atoms with van der Waals surface area (Å²) >= 11 is 0. The first-order chi connectivity index (χ1) is 10.2. The van der Waals surface area contributed by atoms with Crippen LogP contribution in [-0.2, 0) is 14.2 Å². The maximum absolute atomic E-state index is 5.82. The van der Waals surface area contributed by atoms with Crippen LogP contribution < -0.4 is 11.1 Å². The minimum Gasteiger partial charge on any atom is -0.399 e. The van der Waals surface area contributed by atoms with Crippen molar-refractivity contribution in [3.05, 3.63) is 23.8 Å². The highest BCUT2D eigenvalue weighted by Crippen LogP contribution is 2.17. The average molecular weight is 296 g/mol. The quantitative estimate of drug-likeness (QED) is 0.485. The molecule has 1 aromatic carbocycles. The molecular formula is C16H28N2O3. The van der Waals surface area contributed by atoms with Gasteiger partial charge in [0.15, 0.2) is 0 Å². The molecule has 3 N–H and O–H groups in total. The van der Waals surface area contributed by atoms with Gasteiger partial charge in [-0.2, -0.15) is 0 Å². The van der Waals surface area contributed by atoms with E-state index in [1.807, 2.05) is 19.1 Å². The number of anilines is 2. The molecule has 1 atom stereocenters. The average Bonchev–Trinajstić information content (AvgIpc) is 2.48. The van der Waals surface area contributed by atoms with Crippen LogP contribution in [0, 0.1) is 6.92 Å². The molecule has 5 nitrogen and oxygen atoms in total. The maximum Gasteiger partial charge on any atom is 0.0701 e. The third-order valence-corrected chi connectivity index (χ3v) is 3.26. The highest BCUT2D eigenvalue weighted by atomic mass is 16.5. The molecule has 0 fully saturated rings. The molecule has 0 saturated carbocycles. The highest BCUT2D eigenvalue weighted by Gasteiger charge is 2.07. The zero-order valence-corrected chi connectivity index (χ0v) is 13.4. The van der Waals surface area contributed by atoms with Crippen LogP contribution in [0.25, 0.3) is 0 Å². The Hall–Kier alpha value is -1.30. The Balaban J connectivity index is 2.23. The molecule has 0 saturated heterocycles. The molecule has 0 bridgehead atoms. The summed E-state index contributed by atoms with van der Waals surface area (Å²) in [5.41, 5.74) is 8.81. The van der Waals surface area contributed by atoms with Crippen molar-refractivity contribution in [2.75, 3.05) is 51.2 Å². The lowest BCUT2D eigenvalue weighted by Gasteiger charge is -2.19. The molecule has 0 aliphatic rings. The standard InChI is InChI=1S/C16H28N2O3/c1-4-14(12-21-10-9-20-8-7-19-3)18-15-5-6-16(17)13(2)11-15/h5-6,11,14,18H,4,7-10,12,17H2,1-3H3. The monoisotopic (exact) mass is 296 g/mol. The Morgan fingerprint density at radius 3 is 2.52 bits per heavy atom. The molecular weight excluding hydrogens is 268 g/mol. The van der Waals surface area contributed by atoms with Crippen molar-refractivity contribution in [2.24, 2.45) is 0 Å². The second kappa shape index (κ2) is 10.4. The van der Waals surface area contributed by atoms with E-state index in [1.165, 1.54) is 0 Å². The second-order valence-corrected chi connectivity index (χ2v) is 5.00. The van der Waals surface area contributed by atoms with E-state index in [2.05, 4.69) is 18.3 Å². The lowest BCUT2D eigenvalue weighted by atomic mass is 10.1. The number of nitrogens with one attached hydrogen (secondary N) is 1. The Morgan fingerprint density at radius 1 is 1.14 bits per heavy atom. The number of hydrogen-bond donors (Lipinski definition) is 2. The molecule has 0 amide bonds. The van der Waals surface area contributed by atoms with Crippen molar-refractivity contribution in [1.29, 1.82) is 0 Å². The Morgan fingerprint density at radius 2 is 1.86 bits per heavy atom. The smallest absolute Gasteiger partial charge is 0.0701 e. The van der Waals surface area contributed by atoms with Crippen LogP contribution in [-0.4, -0.2) is 46.2 Å². The predicted molar refractivity (Wildman–Crippen MR) is 86.8 cm³/mol. The van der Waals surface area contributed by atoms with Gasteiger partial charge >= 0.3 is 0 Å². The van der Waals surface area contributed by atoms with Gasteiger partial charge in [-0.25, -0.2) is 0 Å². The SMILES string of the molecule is CCC(COCCOCCOC)Nc1ccc(N)c(C)c1. The molecule has 0 aliphatic heterocycles. The number of methoxy groups -OCH3 is 1. The van der Waals surface area contributed by atoms with Crippen molar-refractivity contribution in [3.8, 4) is 0 Å². The van der Waals surface area contributed by atoms with Gasteiger partial charge in [0.05, 0.1) is 33.0 Å². The van der Waals surface area contributed by atoms with Gasteiger partial charge in [0.25, 0.3) is 0 Å². The summed E-state index contributed by atoms with van der Waals surface area (Å²) in [4.78, 5) is 0. The molecule has 21 heavy (non-hydrogen) atoms. The van der Waals surface area contributed by atoms with E-state index in [-0.39, 0.29) is 6.04 Å². The van der Waals surface area contributed by atoms with Crippen LogP contribution in [0.5, 0.6) is 0 Å². The van der Waals surface area contributed by atoms with E-state index in [1.54, 1.807) is 7.11 Å². The Bertz CT molecular complexity index is 399. The predicted octanol–water partition coefficient (Wildman–Crippen LogP) is 2.45. The van der Waals surface area contributed by atoms with E-state index in [0.717, 1.165) is 23.4 Å². The molecule has 1 rings (SSSR count). The first-order valence-electron chi connectivity index (χ1n) is 7.44. The summed E-state index contributed by atoms with van der Waals surface area (Å²) in [6.45, 7) is 7.24. The molecule has 120 valence electrons.